The molecule has 0 radical (unpaired) electrons. The fraction of sp³-hybridized carbons (Fsp3) is 0.500. The van der Waals surface area contributed by atoms with E-state index < -0.39 is 8.07 Å². The van der Waals surface area contributed by atoms with Gasteiger partial charge < -0.3 is 14.8 Å². The van der Waals surface area contributed by atoms with Gasteiger partial charge in [-0.05, 0) is 56.9 Å². The maximum Gasteiger partial charge on any atom is 0.263 e. The lowest BCUT2D eigenvalue weighted by atomic mass is 9.93. The first-order valence-corrected chi connectivity index (χ1v) is 15.8. The Morgan fingerprint density at radius 1 is 1.21 bits per heavy atom. The van der Waals surface area contributed by atoms with Gasteiger partial charge in [-0.15, -0.1) is 0 Å². The van der Waals surface area contributed by atoms with Crippen molar-refractivity contribution in [3.05, 3.63) is 46.0 Å². The molecule has 0 spiro atoms. The van der Waals surface area contributed by atoms with Crippen molar-refractivity contribution in [2.45, 2.75) is 71.6 Å². The summed E-state index contributed by atoms with van der Waals surface area (Å²) in [5, 5.41) is 4.06. The van der Waals surface area contributed by atoms with E-state index in [9.17, 15) is 4.79 Å². The molecule has 1 aliphatic carbocycles. The van der Waals surface area contributed by atoms with Crippen molar-refractivity contribution in [3.63, 3.8) is 0 Å². The summed E-state index contributed by atoms with van der Waals surface area (Å²) in [5.74, 6) is 1.50. The van der Waals surface area contributed by atoms with Crippen LogP contribution in [-0.2, 0) is 11.5 Å². The summed E-state index contributed by atoms with van der Waals surface area (Å²) in [6.45, 7) is 11.9. The Labute approximate surface area is 202 Å². The molecule has 182 valence electrons. The SMILES string of the molecule is COc1ccc(C)c(-c2nc(NC3CCC3)cc3c(=O)n(COCC[Si](C)(C)C)cnc23)c1C. The summed E-state index contributed by atoms with van der Waals surface area (Å²) in [5.41, 5.74) is 4.19. The van der Waals surface area contributed by atoms with Gasteiger partial charge in [-0.3, -0.25) is 9.36 Å². The second kappa shape index (κ2) is 9.88. The number of nitrogens with zero attached hydrogens (tertiary/aromatic N) is 3. The molecule has 1 fully saturated rings. The number of aryl methyl sites for hydroxylation is 1. The molecule has 8 heteroatoms. The maximum absolute atomic E-state index is 13.5. The second-order valence-electron chi connectivity index (χ2n) is 10.5. The maximum atomic E-state index is 13.5. The van der Waals surface area contributed by atoms with E-state index in [4.69, 9.17) is 19.4 Å². The van der Waals surface area contributed by atoms with E-state index in [1.807, 2.05) is 25.1 Å². The molecule has 1 saturated carbocycles. The zero-order valence-corrected chi connectivity index (χ0v) is 22.2. The largest absolute Gasteiger partial charge is 0.496 e. The number of anilines is 1. The summed E-state index contributed by atoms with van der Waals surface area (Å²) in [7, 11) is 0.475. The molecule has 2 heterocycles. The smallest absolute Gasteiger partial charge is 0.263 e. The highest BCUT2D eigenvalue weighted by molar-refractivity contribution is 6.76. The molecular formula is C26H36N4O3Si. The third kappa shape index (κ3) is 5.18. The topological polar surface area (TPSA) is 78.3 Å². The van der Waals surface area contributed by atoms with Crippen molar-refractivity contribution in [2.75, 3.05) is 19.0 Å². The Kier molecular flexibility index (Phi) is 7.09. The third-order valence-electron chi connectivity index (χ3n) is 6.57. The van der Waals surface area contributed by atoms with Gasteiger partial charge in [0.25, 0.3) is 5.56 Å². The molecule has 7 nitrogen and oxygen atoms in total. The van der Waals surface area contributed by atoms with Crippen molar-refractivity contribution in [1.82, 2.24) is 14.5 Å². The molecule has 2 aromatic heterocycles. The summed E-state index contributed by atoms with van der Waals surface area (Å²) in [6.07, 6.45) is 5.03. The zero-order valence-electron chi connectivity index (χ0n) is 21.2. The van der Waals surface area contributed by atoms with Crippen LogP contribution in [0.4, 0.5) is 5.82 Å². The molecule has 0 amide bonds. The first kappa shape index (κ1) is 24.4. The van der Waals surface area contributed by atoms with Crippen molar-refractivity contribution in [1.29, 1.82) is 0 Å². The number of hydrogen-bond acceptors (Lipinski definition) is 6. The van der Waals surface area contributed by atoms with Crippen LogP contribution in [0.2, 0.25) is 25.7 Å². The Morgan fingerprint density at radius 3 is 2.62 bits per heavy atom. The summed E-state index contributed by atoms with van der Waals surface area (Å²) in [6, 6.07) is 7.28. The monoisotopic (exact) mass is 480 g/mol. The highest BCUT2D eigenvalue weighted by atomic mass is 28.3. The molecule has 3 aromatic rings. The van der Waals surface area contributed by atoms with E-state index in [1.54, 1.807) is 18.0 Å². The van der Waals surface area contributed by atoms with Gasteiger partial charge >= 0.3 is 0 Å². The second-order valence-corrected chi connectivity index (χ2v) is 16.1. The Balaban J connectivity index is 1.79. The fourth-order valence-electron chi connectivity index (χ4n) is 4.22. The molecule has 0 atom stereocenters. The van der Waals surface area contributed by atoms with Crippen molar-refractivity contribution < 1.29 is 9.47 Å². The summed E-state index contributed by atoms with van der Waals surface area (Å²) >= 11 is 0. The van der Waals surface area contributed by atoms with Crippen LogP contribution in [0.15, 0.2) is 29.3 Å². The number of hydrogen-bond donors (Lipinski definition) is 1. The number of fused-ring (bicyclic) bond motifs is 1. The van der Waals surface area contributed by atoms with Gasteiger partial charge in [0, 0.05) is 31.8 Å². The number of pyridine rings is 1. The third-order valence-corrected chi connectivity index (χ3v) is 8.28. The van der Waals surface area contributed by atoms with Crippen LogP contribution >= 0.6 is 0 Å². The van der Waals surface area contributed by atoms with E-state index in [2.05, 4.69) is 31.9 Å². The first-order valence-electron chi connectivity index (χ1n) is 12.1. The van der Waals surface area contributed by atoms with Gasteiger partial charge in [0.1, 0.15) is 30.1 Å². The van der Waals surface area contributed by atoms with Crippen molar-refractivity contribution in [3.8, 4) is 17.0 Å². The van der Waals surface area contributed by atoms with E-state index in [0.29, 0.717) is 35.1 Å². The molecule has 4 rings (SSSR count). The lowest BCUT2D eigenvalue weighted by Gasteiger charge is -2.27. The van der Waals surface area contributed by atoms with Crippen LogP contribution in [0.5, 0.6) is 5.75 Å². The Bertz CT molecular complexity index is 1250. The summed E-state index contributed by atoms with van der Waals surface area (Å²) < 4.78 is 13.0. The Hall–Kier alpha value is -2.71. The minimum atomic E-state index is -1.19. The minimum Gasteiger partial charge on any atom is -0.496 e. The predicted octanol–water partition coefficient (Wildman–Crippen LogP) is 5.36. The van der Waals surface area contributed by atoms with E-state index in [0.717, 1.165) is 41.3 Å². The van der Waals surface area contributed by atoms with Gasteiger partial charge in [0.05, 0.1) is 18.2 Å². The normalized spacial score (nSPS) is 14.3. The van der Waals surface area contributed by atoms with Crippen LogP contribution in [0.25, 0.3) is 22.2 Å². The number of benzene rings is 1. The van der Waals surface area contributed by atoms with Gasteiger partial charge in [-0.25, -0.2) is 9.97 Å². The molecule has 34 heavy (non-hydrogen) atoms. The fourth-order valence-corrected chi connectivity index (χ4v) is 4.98. The molecule has 0 bridgehead atoms. The number of nitrogens with one attached hydrogen (secondary N) is 1. The zero-order chi connectivity index (χ0) is 24.5. The number of ether oxygens (including phenoxy) is 2. The molecule has 0 aliphatic heterocycles. The van der Waals surface area contributed by atoms with Gasteiger partial charge in [-0.1, -0.05) is 25.7 Å². The van der Waals surface area contributed by atoms with Crippen LogP contribution in [0.1, 0.15) is 30.4 Å². The minimum absolute atomic E-state index is 0.114. The highest BCUT2D eigenvalue weighted by Crippen LogP contribution is 2.36. The predicted molar refractivity (Wildman–Crippen MR) is 141 cm³/mol. The highest BCUT2D eigenvalue weighted by Gasteiger charge is 2.22. The summed E-state index contributed by atoms with van der Waals surface area (Å²) in [4.78, 5) is 23.1. The van der Waals surface area contributed by atoms with E-state index >= 15 is 0 Å². The number of aromatic nitrogens is 3. The van der Waals surface area contributed by atoms with E-state index in [-0.39, 0.29) is 12.3 Å². The lowest BCUT2D eigenvalue weighted by Crippen LogP contribution is -2.28. The molecule has 0 unspecified atom stereocenters. The molecule has 1 aliphatic rings. The van der Waals surface area contributed by atoms with Crippen molar-refractivity contribution >= 4 is 24.8 Å². The molecule has 1 aromatic carbocycles. The van der Waals surface area contributed by atoms with Gasteiger partial charge in [0.15, 0.2) is 0 Å². The number of methoxy groups -OCH3 is 1. The standard InChI is InChI=1S/C26H36N4O3Si/c1-17-10-11-21(32-3)18(2)23(17)25-24-20(14-22(29-25)28-19-8-7-9-19)26(31)30(15-27-24)16-33-12-13-34(4,5)6/h10-11,14-15,19H,7-9,12-13,16H2,1-6H3,(H,28,29). The Morgan fingerprint density at radius 2 is 1.97 bits per heavy atom. The molecule has 1 N–H and O–H groups in total. The van der Waals surface area contributed by atoms with Crippen LogP contribution in [0, 0.1) is 13.8 Å². The van der Waals surface area contributed by atoms with Crippen LogP contribution in [0.3, 0.4) is 0 Å². The first-order chi connectivity index (χ1) is 16.2. The average molecular weight is 481 g/mol. The average Bonchev–Trinajstić information content (AvgIpc) is 2.75. The molecular weight excluding hydrogens is 444 g/mol. The lowest BCUT2D eigenvalue weighted by molar-refractivity contribution is 0.0844. The van der Waals surface area contributed by atoms with Crippen LogP contribution in [-0.4, -0.2) is 42.4 Å². The van der Waals surface area contributed by atoms with Crippen molar-refractivity contribution in [2.24, 2.45) is 0 Å². The van der Waals surface area contributed by atoms with Gasteiger partial charge in [0.2, 0.25) is 0 Å². The van der Waals surface area contributed by atoms with Crippen LogP contribution < -0.4 is 15.6 Å². The quantitative estimate of drug-likeness (QED) is 0.328. The number of rotatable bonds is 9. The molecule has 0 saturated heterocycles. The van der Waals surface area contributed by atoms with Gasteiger partial charge in [-0.2, -0.15) is 0 Å². The van der Waals surface area contributed by atoms with E-state index in [1.165, 1.54) is 6.42 Å².